The molecule has 1 aromatic heterocycles. The highest BCUT2D eigenvalue weighted by atomic mass is 16.3. The van der Waals surface area contributed by atoms with Crippen molar-refractivity contribution < 1.29 is 15.0 Å². The summed E-state index contributed by atoms with van der Waals surface area (Å²) in [5.41, 5.74) is -0.154. The van der Waals surface area contributed by atoms with Gasteiger partial charge in [0.15, 0.2) is 0 Å². The first-order valence-corrected chi connectivity index (χ1v) is 6.76. The molecular formula is C14H23N3O3. The van der Waals surface area contributed by atoms with Crippen molar-refractivity contribution >= 4 is 11.6 Å². The minimum Gasteiger partial charge on any atom is -0.393 e. The second kappa shape index (κ2) is 7.21. The second-order valence-electron chi connectivity index (χ2n) is 4.92. The fourth-order valence-corrected chi connectivity index (χ4v) is 1.68. The van der Waals surface area contributed by atoms with Gasteiger partial charge in [-0.25, -0.2) is 0 Å². The Kier molecular flexibility index (Phi) is 5.91. The number of carbonyl (C=O) groups is 1. The minimum atomic E-state index is -1.20. The van der Waals surface area contributed by atoms with E-state index in [2.05, 4.69) is 10.3 Å². The molecule has 112 valence electrons. The first-order valence-electron chi connectivity index (χ1n) is 6.76. The molecule has 0 aliphatic heterocycles. The Morgan fingerprint density at radius 1 is 1.45 bits per heavy atom. The zero-order chi connectivity index (χ0) is 15.2. The second-order valence-corrected chi connectivity index (χ2v) is 4.92. The Labute approximate surface area is 119 Å². The van der Waals surface area contributed by atoms with Crippen LogP contribution < -0.4 is 5.32 Å². The van der Waals surface area contributed by atoms with Gasteiger partial charge in [0.25, 0.3) is 5.91 Å². The molecule has 1 atom stereocenters. The van der Waals surface area contributed by atoms with Gasteiger partial charge in [-0.3, -0.25) is 9.78 Å². The Morgan fingerprint density at radius 3 is 2.65 bits per heavy atom. The maximum Gasteiger partial charge on any atom is 0.272 e. The molecule has 1 heterocycles. The fourth-order valence-electron chi connectivity index (χ4n) is 1.68. The van der Waals surface area contributed by atoms with Crippen LogP contribution in [0.25, 0.3) is 0 Å². The van der Waals surface area contributed by atoms with Gasteiger partial charge < -0.3 is 20.4 Å². The van der Waals surface area contributed by atoms with Crippen molar-refractivity contribution in [2.24, 2.45) is 0 Å². The van der Waals surface area contributed by atoms with Crippen LogP contribution in [0.5, 0.6) is 0 Å². The van der Waals surface area contributed by atoms with Crippen molar-refractivity contribution in [3.63, 3.8) is 0 Å². The minimum absolute atomic E-state index is 0.118. The molecule has 6 heteroatoms. The van der Waals surface area contributed by atoms with Crippen molar-refractivity contribution in [3.05, 3.63) is 24.0 Å². The van der Waals surface area contributed by atoms with Gasteiger partial charge in [0.2, 0.25) is 0 Å². The van der Waals surface area contributed by atoms with E-state index in [1.807, 2.05) is 13.8 Å². The molecule has 0 bridgehead atoms. The van der Waals surface area contributed by atoms with Gasteiger partial charge in [-0.1, -0.05) is 0 Å². The van der Waals surface area contributed by atoms with Gasteiger partial charge in [0, 0.05) is 31.5 Å². The van der Waals surface area contributed by atoms with E-state index in [0.717, 1.165) is 0 Å². The van der Waals surface area contributed by atoms with E-state index in [-0.39, 0.29) is 19.1 Å². The van der Waals surface area contributed by atoms with E-state index in [1.54, 1.807) is 23.2 Å². The third-order valence-corrected chi connectivity index (χ3v) is 3.04. The maximum absolute atomic E-state index is 12.2. The Hall–Kier alpha value is -1.66. The number of anilines is 1. The summed E-state index contributed by atoms with van der Waals surface area (Å²) >= 11 is 0. The number of aliphatic hydroxyl groups excluding tert-OH is 1. The monoisotopic (exact) mass is 281 g/mol. The molecule has 0 aliphatic carbocycles. The highest BCUT2D eigenvalue weighted by molar-refractivity contribution is 5.93. The van der Waals surface area contributed by atoms with Crippen LogP contribution in [0.2, 0.25) is 0 Å². The molecule has 6 nitrogen and oxygen atoms in total. The topological polar surface area (TPSA) is 85.7 Å². The lowest BCUT2D eigenvalue weighted by Crippen LogP contribution is -2.37. The Morgan fingerprint density at radius 2 is 2.10 bits per heavy atom. The number of carbonyl (C=O) groups excluding carboxylic acids is 1. The average Bonchev–Trinajstić information content (AvgIpc) is 2.47. The van der Waals surface area contributed by atoms with Crippen LogP contribution in [0.1, 0.15) is 31.3 Å². The summed E-state index contributed by atoms with van der Waals surface area (Å²) in [6, 6.07) is 3.36. The molecule has 1 amide bonds. The van der Waals surface area contributed by atoms with Crippen LogP contribution in [0, 0.1) is 0 Å². The smallest absolute Gasteiger partial charge is 0.272 e. The zero-order valence-corrected chi connectivity index (χ0v) is 12.3. The first kappa shape index (κ1) is 16.4. The number of nitrogens with zero attached hydrogens (tertiary/aromatic N) is 2. The summed E-state index contributed by atoms with van der Waals surface area (Å²) in [6.07, 6.45) is 1.55. The molecule has 3 N–H and O–H groups in total. The van der Waals surface area contributed by atoms with Crippen molar-refractivity contribution in [1.29, 1.82) is 0 Å². The number of rotatable bonds is 7. The van der Waals surface area contributed by atoms with Crippen molar-refractivity contribution in [3.8, 4) is 0 Å². The molecule has 0 spiro atoms. The van der Waals surface area contributed by atoms with Crippen LogP contribution >= 0.6 is 0 Å². The quantitative estimate of drug-likeness (QED) is 0.685. The predicted octanol–water partition coefficient (Wildman–Crippen LogP) is 0.719. The molecular weight excluding hydrogens is 258 g/mol. The van der Waals surface area contributed by atoms with E-state index in [0.29, 0.717) is 24.5 Å². The molecule has 0 aromatic carbocycles. The first-order chi connectivity index (χ1) is 9.43. The lowest BCUT2D eigenvalue weighted by Gasteiger charge is -2.22. The van der Waals surface area contributed by atoms with Gasteiger partial charge in [-0.15, -0.1) is 0 Å². The van der Waals surface area contributed by atoms with Gasteiger partial charge in [-0.05, 0) is 32.9 Å². The van der Waals surface area contributed by atoms with E-state index in [4.69, 9.17) is 5.11 Å². The van der Waals surface area contributed by atoms with Crippen molar-refractivity contribution in [2.75, 3.05) is 31.6 Å². The standard InChI is InChI=1S/C14H23N3O3/c1-4-17(5-2)13(19)12-8-11(6-7-15-12)16-9-14(3,20)10-18/h6-8,18,20H,4-5,9-10H2,1-3H3,(H,15,16). The van der Waals surface area contributed by atoms with Crippen LogP contribution in [-0.4, -0.2) is 57.8 Å². The van der Waals surface area contributed by atoms with Gasteiger partial charge >= 0.3 is 0 Å². The lowest BCUT2D eigenvalue weighted by molar-refractivity contribution is 0.0132. The molecule has 0 saturated carbocycles. The van der Waals surface area contributed by atoms with E-state index in [1.165, 1.54) is 6.92 Å². The third-order valence-electron chi connectivity index (χ3n) is 3.04. The highest BCUT2D eigenvalue weighted by Crippen LogP contribution is 2.12. The molecule has 0 fully saturated rings. The fraction of sp³-hybridized carbons (Fsp3) is 0.571. The summed E-state index contributed by atoms with van der Waals surface area (Å²) in [5.74, 6) is -0.118. The summed E-state index contributed by atoms with van der Waals surface area (Å²) in [4.78, 5) is 17.9. The Balaban J connectivity index is 2.78. The molecule has 1 rings (SSSR count). The summed E-state index contributed by atoms with van der Waals surface area (Å²) in [5, 5.41) is 21.7. The van der Waals surface area contributed by atoms with E-state index in [9.17, 15) is 9.90 Å². The number of aromatic nitrogens is 1. The van der Waals surface area contributed by atoms with Gasteiger partial charge in [-0.2, -0.15) is 0 Å². The number of pyridine rings is 1. The van der Waals surface area contributed by atoms with Crippen molar-refractivity contribution in [2.45, 2.75) is 26.4 Å². The largest absolute Gasteiger partial charge is 0.393 e. The van der Waals surface area contributed by atoms with Gasteiger partial charge in [0.1, 0.15) is 11.3 Å². The summed E-state index contributed by atoms with van der Waals surface area (Å²) in [7, 11) is 0. The van der Waals surface area contributed by atoms with Crippen LogP contribution in [-0.2, 0) is 0 Å². The SMILES string of the molecule is CCN(CC)C(=O)c1cc(NCC(C)(O)CO)ccn1. The number of aliphatic hydroxyl groups is 2. The number of nitrogens with one attached hydrogen (secondary N) is 1. The van der Waals surface area contributed by atoms with Crippen LogP contribution in [0.15, 0.2) is 18.3 Å². The molecule has 0 radical (unpaired) electrons. The van der Waals surface area contributed by atoms with Crippen LogP contribution in [0.4, 0.5) is 5.69 Å². The molecule has 1 aromatic rings. The van der Waals surface area contributed by atoms with Gasteiger partial charge in [0.05, 0.1) is 6.61 Å². The molecule has 0 aliphatic rings. The lowest BCUT2D eigenvalue weighted by atomic mass is 10.1. The highest BCUT2D eigenvalue weighted by Gasteiger charge is 2.19. The van der Waals surface area contributed by atoms with E-state index >= 15 is 0 Å². The predicted molar refractivity (Wildman–Crippen MR) is 77.7 cm³/mol. The van der Waals surface area contributed by atoms with E-state index < -0.39 is 5.60 Å². The summed E-state index contributed by atoms with van der Waals surface area (Å²) < 4.78 is 0. The summed E-state index contributed by atoms with van der Waals surface area (Å²) in [6.45, 7) is 6.48. The normalized spacial score (nSPS) is 13.7. The molecule has 20 heavy (non-hydrogen) atoms. The third kappa shape index (κ3) is 4.47. The average molecular weight is 281 g/mol. The zero-order valence-electron chi connectivity index (χ0n) is 12.3. The number of amides is 1. The Bertz CT molecular complexity index is 445. The molecule has 0 saturated heterocycles. The van der Waals surface area contributed by atoms with Crippen LogP contribution in [0.3, 0.4) is 0 Å². The molecule has 1 unspecified atom stereocenters. The number of hydrogen-bond acceptors (Lipinski definition) is 5. The van der Waals surface area contributed by atoms with Crippen molar-refractivity contribution in [1.82, 2.24) is 9.88 Å². The number of hydrogen-bond donors (Lipinski definition) is 3. The maximum atomic E-state index is 12.2.